The molecule has 4 nitrogen and oxygen atoms in total. The Morgan fingerprint density at radius 2 is 1.42 bits per heavy atom. The molecule has 2 rings (SSSR count). The number of unbranched alkanes of at least 4 members (excludes halogenated alkanes) is 5. The highest BCUT2D eigenvalue weighted by Gasteiger charge is 2.27. The molecule has 0 aromatic heterocycles. The summed E-state index contributed by atoms with van der Waals surface area (Å²) in [5.74, 6) is 0. The van der Waals surface area contributed by atoms with Gasteiger partial charge in [-0.3, -0.25) is 0 Å². The van der Waals surface area contributed by atoms with Crippen molar-refractivity contribution in [3.05, 3.63) is 0 Å². The van der Waals surface area contributed by atoms with Crippen LogP contribution in [0.3, 0.4) is 0 Å². The molecule has 0 amide bonds. The first-order valence-corrected chi connectivity index (χ1v) is 7.85. The molecule has 0 aromatic rings. The van der Waals surface area contributed by atoms with Crippen LogP contribution in [-0.4, -0.2) is 44.9 Å². The lowest BCUT2D eigenvalue weighted by Crippen LogP contribution is -2.22. The fraction of sp³-hybridized carbons (Fsp3) is 1.00. The highest BCUT2D eigenvalue weighted by Crippen LogP contribution is 2.17. The molecule has 0 spiro atoms. The number of epoxide rings is 2. The average molecular weight is 272 g/mol. The zero-order valence-electron chi connectivity index (χ0n) is 12.1. The first-order valence-electron chi connectivity index (χ1n) is 7.85. The van der Waals surface area contributed by atoms with Gasteiger partial charge in [-0.2, -0.15) is 0 Å². The van der Waals surface area contributed by atoms with Crippen LogP contribution in [0, 0.1) is 0 Å². The minimum Gasteiger partial charge on any atom is -0.371 e. The van der Waals surface area contributed by atoms with Crippen molar-refractivity contribution in [2.24, 2.45) is 0 Å². The minimum atomic E-state index is -0.0698. The predicted molar refractivity (Wildman–Crippen MR) is 73.2 cm³/mol. The van der Waals surface area contributed by atoms with Gasteiger partial charge in [0.25, 0.3) is 0 Å². The van der Waals surface area contributed by atoms with E-state index in [1.807, 2.05) is 0 Å². The van der Waals surface area contributed by atoms with Gasteiger partial charge in [0.05, 0.1) is 26.4 Å². The van der Waals surface area contributed by atoms with E-state index >= 15 is 0 Å². The number of rotatable bonds is 13. The molecule has 0 bridgehead atoms. The Bertz CT molecular complexity index is 210. The largest absolute Gasteiger partial charge is 0.371 e. The topological polar surface area (TPSA) is 43.5 Å². The minimum absolute atomic E-state index is 0.0698. The van der Waals surface area contributed by atoms with Crippen molar-refractivity contribution in [1.29, 1.82) is 0 Å². The Morgan fingerprint density at radius 1 is 0.895 bits per heavy atom. The highest BCUT2D eigenvalue weighted by atomic mass is 16.7. The molecule has 0 N–H and O–H groups in total. The second kappa shape index (κ2) is 8.90. The van der Waals surface area contributed by atoms with E-state index in [2.05, 4.69) is 6.92 Å². The van der Waals surface area contributed by atoms with Crippen LogP contribution < -0.4 is 0 Å². The summed E-state index contributed by atoms with van der Waals surface area (Å²) in [5.41, 5.74) is 0. The zero-order chi connectivity index (χ0) is 13.3. The van der Waals surface area contributed by atoms with Crippen LogP contribution in [0.2, 0.25) is 0 Å². The van der Waals surface area contributed by atoms with Crippen LogP contribution in [0.15, 0.2) is 0 Å². The molecule has 112 valence electrons. The van der Waals surface area contributed by atoms with E-state index in [-0.39, 0.29) is 6.29 Å². The summed E-state index contributed by atoms with van der Waals surface area (Å²) in [6.07, 6.45) is 9.36. The monoisotopic (exact) mass is 272 g/mol. The van der Waals surface area contributed by atoms with E-state index in [1.165, 1.54) is 38.5 Å². The van der Waals surface area contributed by atoms with Gasteiger partial charge in [0.2, 0.25) is 0 Å². The van der Waals surface area contributed by atoms with Crippen LogP contribution >= 0.6 is 0 Å². The smallest absolute Gasteiger partial charge is 0.157 e. The Morgan fingerprint density at radius 3 is 1.95 bits per heavy atom. The van der Waals surface area contributed by atoms with E-state index < -0.39 is 0 Å². The molecule has 2 aliphatic rings. The molecule has 0 aliphatic carbocycles. The Balaban J connectivity index is 1.49. The molecule has 0 aromatic carbocycles. The third kappa shape index (κ3) is 7.88. The lowest BCUT2D eigenvalue weighted by molar-refractivity contribution is -0.151. The molecule has 2 fully saturated rings. The van der Waals surface area contributed by atoms with E-state index in [9.17, 15) is 0 Å². The zero-order valence-corrected chi connectivity index (χ0v) is 12.1. The van der Waals surface area contributed by atoms with Crippen molar-refractivity contribution < 1.29 is 18.9 Å². The molecule has 0 radical (unpaired) electrons. The van der Waals surface area contributed by atoms with E-state index in [4.69, 9.17) is 18.9 Å². The normalized spacial score (nSPS) is 26.4. The third-order valence-corrected chi connectivity index (χ3v) is 3.53. The second-order valence-electron chi connectivity index (χ2n) is 5.56. The van der Waals surface area contributed by atoms with Crippen molar-refractivity contribution >= 4 is 0 Å². The maximum Gasteiger partial charge on any atom is 0.157 e. The summed E-state index contributed by atoms with van der Waals surface area (Å²) in [7, 11) is 0. The van der Waals surface area contributed by atoms with Crippen molar-refractivity contribution in [3.8, 4) is 0 Å². The Labute approximate surface area is 116 Å². The Hall–Kier alpha value is -0.160. The Kier molecular flexibility index (Phi) is 7.14. The van der Waals surface area contributed by atoms with E-state index in [0.717, 1.165) is 19.6 Å². The van der Waals surface area contributed by atoms with E-state index in [1.54, 1.807) is 0 Å². The summed E-state index contributed by atoms with van der Waals surface area (Å²) >= 11 is 0. The van der Waals surface area contributed by atoms with Crippen LogP contribution in [0.4, 0.5) is 0 Å². The van der Waals surface area contributed by atoms with Gasteiger partial charge >= 0.3 is 0 Å². The van der Waals surface area contributed by atoms with Gasteiger partial charge in [-0.1, -0.05) is 39.0 Å². The summed E-state index contributed by atoms with van der Waals surface area (Å²) < 4.78 is 21.9. The molecule has 2 aliphatic heterocycles. The van der Waals surface area contributed by atoms with E-state index in [0.29, 0.717) is 25.4 Å². The summed E-state index contributed by atoms with van der Waals surface area (Å²) in [5, 5.41) is 0. The van der Waals surface area contributed by atoms with Crippen LogP contribution in [0.1, 0.15) is 51.9 Å². The molecule has 2 heterocycles. The first-order chi connectivity index (χ1) is 9.38. The summed E-state index contributed by atoms with van der Waals surface area (Å²) in [4.78, 5) is 0. The van der Waals surface area contributed by atoms with Crippen molar-refractivity contribution in [3.63, 3.8) is 0 Å². The van der Waals surface area contributed by atoms with Gasteiger partial charge in [-0.05, 0) is 12.8 Å². The summed E-state index contributed by atoms with van der Waals surface area (Å²) in [6.45, 7) is 5.28. The van der Waals surface area contributed by atoms with Crippen molar-refractivity contribution in [1.82, 2.24) is 0 Å². The maximum absolute atomic E-state index is 5.77. The third-order valence-electron chi connectivity index (χ3n) is 3.53. The molecule has 4 heteroatoms. The van der Waals surface area contributed by atoms with Gasteiger partial charge < -0.3 is 18.9 Å². The van der Waals surface area contributed by atoms with Crippen LogP contribution in [-0.2, 0) is 18.9 Å². The fourth-order valence-corrected chi connectivity index (χ4v) is 2.06. The quantitative estimate of drug-likeness (QED) is 0.294. The van der Waals surface area contributed by atoms with Crippen LogP contribution in [0.25, 0.3) is 0 Å². The van der Waals surface area contributed by atoms with Gasteiger partial charge in [0.1, 0.15) is 12.2 Å². The second-order valence-corrected chi connectivity index (χ2v) is 5.56. The number of hydrogen-bond donors (Lipinski definition) is 0. The molecule has 19 heavy (non-hydrogen) atoms. The molecule has 0 saturated carbocycles. The number of ether oxygens (including phenoxy) is 4. The molecular formula is C15H28O4. The average Bonchev–Trinajstić information content (AvgIpc) is 3.28. The fourth-order valence-electron chi connectivity index (χ4n) is 2.06. The number of hydrogen-bond acceptors (Lipinski definition) is 4. The SMILES string of the molecule is CCCCCCCCC(OCC1CO1)OCC1CO1. The highest BCUT2D eigenvalue weighted by molar-refractivity contribution is 4.69. The van der Waals surface area contributed by atoms with Crippen LogP contribution in [0.5, 0.6) is 0 Å². The van der Waals surface area contributed by atoms with Gasteiger partial charge in [0.15, 0.2) is 6.29 Å². The maximum atomic E-state index is 5.77. The summed E-state index contributed by atoms with van der Waals surface area (Å²) in [6, 6.07) is 0. The van der Waals surface area contributed by atoms with Crippen molar-refractivity contribution in [2.45, 2.75) is 70.4 Å². The lowest BCUT2D eigenvalue weighted by atomic mass is 10.1. The lowest BCUT2D eigenvalue weighted by Gasteiger charge is -2.17. The molecule has 2 atom stereocenters. The predicted octanol–water partition coefficient (Wildman–Crippen LogP) is 2.89. The molecular weight excluding hydrogens is 244 g/mol. The molecule has 2 saturated heterocycles. The van der Waals surface area contributed by atoms with Crippen molar-refractivity contribution in [2.75, 3.05) is 26.4 Å². The van der Waals surface area contributed by atoms with Gasteiger partial charge in [0, 0.05) is 0 Å². The first kappa shape index (κ1) is 15.2. The van der Waals surface area contributed by atoms with Gasteiger partial charge in [-0.15, -0.1) is 0 Å². The molecule has 2 unspecified atom stereocenters. The van der Waals surface area contributed by atoms with Gasteiger partial charge in [-0.25, -0.2) is 0 Å². The standard InChI is InChI=1S/C15H28O4/c1-2-3-4-5-6-7-8-15(18-11-13-9-16-13)19-12-14-10-17-14/h13-15H,2-12H2,1H3.